The Balaban J connectivity index is 1.28. The molecule has 33 heavy (non-hydrogen) atoms. The summed E-state index contributed by atoms with van der Waals surface area (Å²) in [6, 6.07) is 7.72. The molecular formula is C25H30N4O3S. The number of anilines is 1. The van der Waals surface area contributed by atoms with E-state index in [-0.39, 0.29) is 18.6 Å². The Kier molecular flexibility index (Phi) is 6.35. The third-order valence-electron chi connectivity index (χ3n) is 6.61. The first-order valence-corrected chi connectivity index (χ1v) is 12.7. The highest BCUT2D eigenvalue weighted by atomic mass is 32.1. The summed E-state index contributed by atoms with van der Waals surface area (Å²) in [5.41, 5.74) is 2.63. The van der Waals surface area contributed by atoms with Gasteiger partial charge in [0.15, 0.2) is 11.5 Å². The molecule has 1 N–H and O–H groups in total. The molecule has 0 radical (unpaired) electrons. The third kappa shape index (κ3) is 4.76. The van der Waals surface area contributed by atoms with Crippen molar-refractivity contribution < 1.29 is 14.3 Å². The molecule has 0 spiro atoms. The minimum absolute atomic E-state index is 0.0759. The van der Waals surface area contributed by atoms with Crippen molar-refractivity contribution in [2.75, 3.05) is 12.1 Å². The Bertz CT molecular complexity index is 1130. The Morgan fingerprint density at radius 1 is 1.18 bits per heavy atom. The quantitative estimate of drug-likeness (QED) is 0.464. The number of rotatable bonds is 7. The molecule has 1 aromatic carbocycles. The number of aryl methyl sites for hydroxylation is 1. The van der Waals surface area contributed by atoms with Gasteiger partial charge in [0.1, 0.15) is 5.82 Å². The molecule has 0 atom stereocenters. The van der Waals surface area contributed by atoms with Crippen LogP contribution in [-0.2, 0) is 4.79 Å². The van der Waals surface area contributed by atoms with E-state index in [4.69, 9.17) is 14.5 Å². The van der Waals surface area contributed by atoms with Crippen molar-refractivity contribution in [2.45, 2.75) is 58.8 Å². The maximum Gasteiger partial charge on any atom is 0.231 e. The molecule has 174 valence electrons. The van der Waals surface area contributed by atoms with E-state index in [1.165, 1.54) is 30.6 Å². The lowest BCUT2D eigenvalue weighted by atomic mass is 9.79. The topological polar surface area (TPSA) is 78.3 Å². The van der Waals surface area contributed by atoms with E-state index in [9.17, 15) is 4.79 Å². The van der Waals surface area contributed by atoms with Crippen molar-refractivity contribution in [1.82, 2.24) is 14.8 Å². The van der Waals surface area contributed by atoms with Crippen LogP contribution in [0.25, 0.3) is 16.4 Å². The van der Waals surface area contributed by atoms with Crippen molar-refractivity contribution in [3.05, 3.63) is 35.3 Å². The van der Waals surface area contributed by atoms with Crippen LogP contribution in [0.15, 0.2) is 29.6 Å². The molecule has 3 heterocycles. The van der Waals surface area contributed by atoms with Crippen LogP contribution in [0.5, 0.6) is 11.5 Å². The van der Waals surface area contributed by atoms with Crippen LogP contribution in [0.3, 0.4) is 0 Å². The van der Waals surface area contributed by atoms with Crippen LogP contribution < -0.4 is 14.8 Å². The molecule has 8 heteroatoms. The Hall–Kier alpha value is -2.87. The predicted molar refractivity (Wildman–Crippen MR) is 129 cm³/mol. The van der Waals surface area contributed by atoms with Crippen LogP contribution in [0.2, 0.25) is 0 Å². The molecule has 2 aromatic heterocycles. The van der Waals surface area contributed by atoms with Crippen molar-refractivity contribution in [1.29, 1.82) is 0 Å². The molecule has 5 rings (SSSR count). The van der Waals surface area contributed by atoms with Crippen molar-refractivity contribution >= 4 is 23.1 Å². The zero-order valence-electron chi connectivity index (χ0n) is 19.2. The van der Waals surface area contributed by atoms with E-state index in [0.29, 0.717) is 10.9 Å². The van der Waals surface area contributed by atoms with Gasteiger partial charge in [-0.25, -0.2) is 4.98 Å². The molecular weight excluding hydrogens is 436 g/mol. The summed E-state index contributed by atoms with van der Waals surface area (Å²) in [5, 5.41) is 10.4. The number of amides is 1. The van der Waals surface area contributed by atoms with Gasteiger partial charge in [0.05, 0.1) is 11.4 Å². The average molecular weight is 467 g/mol. The van der Waals surface area contributed by atoms with Gasteiger partial charge in [0.25, 0.3) is 0 Å². The van der Waals surface area contributed by atoms with Gasteiger partial charge < -0.3 is 14.8 Å². The first kappa shape index (κ1) is 21.9. The van der Waals surface area contributed by atoms with E-state index in [2.05, 4.69) is 17.3 Å². The first-order valence-electron chi connectivity index (χ1n) is 11.8. The normalized spacial score (nSPS) is 19.6. The number of unbranched alkanes of at least 4 members (excludes halogenated alkanes) is 1. The van der Waals surface area contributed by atoms with Gasteiger partial charge in [-0.05, 0) is 56.7 Å². The number of nitrogens with one attached hydrogen (secondary N) is 1. The van der Waals surface area contributed by atoms with Crippen molar-refractivity contribution in [3.63, 3.8) is 0 Å². The van der Waals surface area contributed by atoms with Gasteiger partial charge in [-0.1, -0.05) is 26.2 Å². The van der Waals surface area contributed by atoms with Gasteiger partial charge in [-0.15, -0.1) is 11.3 Å². The molecule has 1 fully saturated rings. The fourth-order valence-electron chi connectivity index (χ4n) is 4.72. The molecule has 1 amide bonds. The lowest BCUT2D eigenvalue weighted by molar-refractivity contribution is -0.121. The second kappa shape index (κ2) is 9.55. The molecule has 3 aromatic rings. The molecule has 7 nitrogen and oxygen atoms in total. The highest BCUT2D eigenvalue weighted by Crippen LogP contribution is 2.37. The van der Waals surface area contributed by atoms with Gasteiger partial charge in [-0.3, -0.25) is 4.79 Å². The molecule has 1 aliphatic carbocycles. The molecule has 0 bridgehead atoms. The summed E-state index contributed by atoms with van der Waals surface area (Å²) in [7, 11) is 0. The summed E-state index contributed by atoms with van der Waals surface area (Å²) in [6.07, 6.45) is 8.09. The maximum absolute atomic E-state index is 13.0. The van der Waals surface area contributed by atoms with Crippen molar-refractivity contribution in [2.24, 2.45) is 11.8 Å². The Labute approximate surface area is 198 Å². The molecule has 2 aliphatic rings. The number of thiazole rings is 1. The molecule has 1 aliphatic heterocycles. The lowest BCUT2D eigenvalue weighted by Crippen LogP contribution is -2.28. The summed E-state index contributed by atoms with van der Waals surface area (Å²) >= 11 is 1.49. The standard InChI is InChI=1S/C25H30N4O3S/c1-3-4-5-17-6-8-18(9-7-17)24(30)27-23-12-16(2)28-29(23)25-26-20(14-33-25)19-10-11-21-22(13-19)32-15-31-21/h10-14,17-18H,3-9,15H2,1-2H3,(H,27,30). The predicted octanol–water partition coefficient (Wildman–Crippen LogP) is 5.97. The lowest BCUT2D eigenvalue weighted by Gasteiger charge is -2.27. The van der Waals surface area contributed by atoms with E-state index in [0.717, 1.165) is 60.1 Å². The van der Waals surface area contributed by atoms with Gasteiger partial charge in [0.2, 0.25) is 17.8 Å². The minimum Gasteiger partial charge on any atom is -0.454 e. The number of nitrogens with zero attached hydrogens (tertiary/aromatic N) is 3. The fraction of sp³-hybridized carbons (Fsp3) is 0.480. The summed E-state index contributed by atoms with van der Waals surface area (Å²) in [4.78, 5) is 17.8. The third-order valence-corrected chi connectivity index (χ3v) is 7.42. The van der Waals surface area contributed by atoms with E-state index >= 15 is 0 Å². The number of hydrogen-bond acceptors (Lipinski definition) is 6. The summed E-state index contributed by atoms with van der Waals surface area (Å²) in [6.45, 7) is 4.42. The second-order valence-electron chi connectivity index (χ2n) is 9.02. The number of hydrogen-bond donors (Lipinski definition) is 1. The number of carbonyl (C=O) groups excluding carboxylic acids is 1. The molecule has 0 saturated heterocycles. The van der Waals surface area contributed by atoms with Gasteiger partial charge in [0, 0.05) is 22.9 Å². The van der Waals surface area contributed by atoms with Gasteiger partial charge >= 0.3 is 0 Å². The van der Waals surface area contributed by atoms with Crippen LogP contribution in [0.1, 0.15) is 57.6 Å². The maximum atomic E-state index is 13.0. The first-order chi connectivity index (χ1) is 16.1. The monoisotopic (exact) mass is 466 g/mol. The Morgan fingerprint density at radius 2 is 2.00 bits per heavy atom. The summed E-state index contributed by atoms with van der Waals surface area (Å²) < 4.78 is 12.6. The number of benzene rings is 1. The largest absolute Gasteiger partial charge is 0.454 e. The van der Waals surface area contributed by atoms with E-state index in [1.807, 2.05) is 36.6 Å². The fourth-order valence-corrected chi connectivity index (χ4v) is 5.51. The number of ether oxygens (including phenoxy) is 2. The smallest absolute Gasteiger partial charge is 0.231 e. The zero-order chi connectivity index (χ0) is 22.8. The molecule has 1 saturated carbocycles. The van der Waals surface area contributed by atoms with Gasteiger partial charge in [-0.2, -0.15) is 9.78 Å². The number of carbonyl (C=O) groups is 1. The van der Waals surface area contributed by atoms with Crippen LogP contribution in [0, 0.1) is 18.8 Å². The highest BCUT2D eigenvalue weighted by Gasteiger charge is 2.27. The number of fused-ring (bicyclic) bond motifs is 1. The molecule has 0 unspecified atom stereocenters. The van der Waals surface area contributed by atoms with E-state index in [1.54, 1.807) is 4.68 Å². The van der Waals surface area contributed by atoms with E-state index < -0.39 is 0 Å². The van der Waals surface area contributed by atoms with Crippen LogP contribution in [-0.4, -0.2) is 27.5 Å². The Morgan fingerprint density at radius 3 is 2.82 bits per heavy atom. The highest BCUT2D eigenvalue weighted by molar-refractivity contribution is 7.12. The summed E-state index contributed by atoms with van der Waals surface area (Å²) in [5.74, 6) is 3.11. The SMILES string of the molecule is CCCCC1CCC(C(=O)Nc2cc(C)nn2-c2nc(-c3ccc4c(c3)OCO4)cs2)CC1. The second-order valence-corrected chi connectivity index (χ2v) is 9.85. The van der Waals surface area contributed by atoms with Crippen molar-refractivity contribution in [3.8, 4) is 27.9 Å². The zero-order valence-corrected chi connectivity index (χ0v) is 20.0. The van der Waals surface area contributed by atoms with Crippen LogP contribution >= 0.6 is 11.3 Å². The minimum atomic E-state index is 0.0759. The number of aromatic nitrogens is 3. The average Bonchev–Trinajstić information content (AvgIpc) is 3.57. The van der Waals surface area contributed by atoms with Crippen LogP contribution in [0.4, 0.5) is 5.82 Å².